The lowest BCUT2D eigenvalue weighted by molar-refractivity contribution is -0.0968. The van der Waals surface area contributed by atoms with Crippen LogP contribution in [0.25, 0.3) is 0 Å². The van der Waals surface area contributed by atoms with Crippen LogP contribution in [0.15, 0.2) is 164 Å². The van der Waals surface area contributed by atoms with Gasteiger partial charge >= 0.3 is 0 Å². The van der Waals surface area contributed by atoms with Crippen LogP contribution in [0.1, 0.15) is 45.6 Å². The van der Waals surface area contributed by atoms with Crippen LogP contribution in [-0.4, -0.2) is 17.8 Å². The normalized spacial score (nSPS) is 16.1. The van der Waals surface area contributed by atoms with E-state index in [1.165, 1.54) is 0 Å². The van der Waals surface area contributed by atoms with Crippen molar-refractivity contribution in [3.63, 3.8) is 0 Å². The molecule has 0 aromatic heterocycles. The molecule has 3 atom stereocenters. The molecular weight excluding hydrogens is 664 g/mol. The highest BCUT2D eigenvalue weighted by molar-refractivity contribution is 5.55. The maximum Gasteiger partial charge on any atom is 0.162 e. The molecule has 7 nitrogen and oxygen atoms in total. The summed E-state index contributed by atoms with van der Waals surface area (Å²) in [4.78, 5) is 0. The lowest BCUT2D eigenvalue weighted by Crippen LogP contribution is -2.36. The van der Waals surface area contributed by atoms with Gasteiger partial charge in [0.1, 0.15) is 55.9 Å². The molecule has 0 amide bonds. The molecule has 1 aliphatic heterocycles. The maximum absolute atomic E-state index is 12.1. The van der Waals surface area contributed by atoms with E-state index in [-0.39, 0.29) is 6.61 Å². The molecule has 1 aliphatic rings. The van der Waals surface area contributed by atoms with Crippen molar-refractivity contribution in [2.75, 3.05) is 6.61 Å². The van der Waals surface area contributed by atoms with E-state index in [1.807, 2.05) is 152 Å². The molecule has 0 bridgehead atoms. The summed E-state index contributed by atoms with van der Waals surface area (Å²) in [5.41, 5.74) is 5.35. The average Bonchev–Trinajstić information content (AvgIpc) is 3.21. The fourth-order valence-corrected chi connectivity index (χ4v) is 6.19. The quantitative estimate of drug-likeness (QED) is 0.101. The van der Waals surface area contributed by atoms with Crippen molar-refractivity contribution in [1.82, 2.24) is 0 Å². The number of aliphatic hydroxyl groups excluding tert-OH is 1. The average molecular weight is 707 g/mol. The molecule has 0 fully saturated rings. The number of aliphatic hydroxyl groups is 1. The van der Waals surface area contributed by atoms with Crippen LogP contribution in [0.3, 0.4) is 0 Å². The van der Waals surface area contributed by atoms with Crippen LogP contribution < -0.4 is 23.7 Å². The zero-order valence-electron chi connectivity index (χ0n) is 29.4. The van der Waals surface area contributed by atoms with Gasteiger partial charge in [-0.05, 0) is 39.9 Å². The molecule has 1 N–H and O–H groups in total. The Morgan fingerprint density at radius 3 is 1.57 bits per heavy atom. The third kappa shape index (κ3) is 9.08. The second-order valence-electron chi connectivity index (χ2n) is 12.7. The summed E-state index contributed by atoms with van der Waals surface area (Å²) in [6.07, 6.45) is -1.09. The predicted molar refractivity (Wildman–Crippen MR) is 204 cm³/mol. The number of fused-ring (bicyclic) bond motifs is 1. The Morgan fingerprint density at radius 1 is 0.547 bits per heavy atom. The number of hydrogen-bond acceptors (Lipinski definition) is 7. The third-order valence-electron chi connectivity index (χ3n) is 8.89. The van der Waals surface area contributed by atoms with Crippen LogP contribution in [0.4, 0.5) is 0 Å². The van der Waals surface area contributed by atoms with Crippen LogP contribution in [0.2, 0.25) is 0 Å². The van der Waals surface area contributed by atoms with E-state index in [0.29, 0.717) is 66.3 Å². The summed E-state index contributed by atoms with van der Waals surface area (Å²) in [7, 11) is 0. The standard InChI is InChI=1S/C46H42O7/c1-2-25-48-46-43-41(52-32-36-21-13-6-14-22-36)27-38(49-29-33-15-7-3-8-16-33)28-42(43)53-45(44(46)47)37-23-24-39(50-30-34-17-9-4-10-18-34)40(26-37)51-31-35-19-11-5-12-20-35/h2-24,26-28,44-47H,1,25,29-32H2/t44-,45-,46+/m1/s1. The largest absolute Gasteiger partial charge is 0.489 e. The van der Waals surface area contributed by atoms with E-state index in [1.54, 1.807) is 6.08 Å². The highest BCUT2D eigenvalue weighted by Gasteiger charge is 2.42. The predicted octanol–water partition coefficient (Wildman–Crippen LogP) is 9.74. The SMILES string of the molecule is C=CCO[C@H]1c2c(OCc3ccccc3)cc(OCc3ccccc3)cc2O[C@H](c2ccc(OCc3ccccc3)c(OCc3ccccc3)c2)[C@H]1O. The van der Waals surface area contributed by atoms with Gasteiger partial charge < -0.3 is 33.5 Å². The number of rotatable bonds is 16. The summed E-state index contributed by atoms with van der Waals surface area (Å²) in [6, 6.07) is 49.1. The van der Waals surface area contributed by atoms with Crippen molar-refractivity contribution < 1.29 is 33.5 Å². The van der Waals surface area contributed by atoms with Crippen LogP contribution in [-0.2, 0) is 31.2 Å². The minimum Gasteiger partial charge on any atom is -0.489 e. The van der Waals surface area contributed by atoms with Crippen molar-refractivity contribution in [3.8, 4) is 28.7 Å². The fourth-order valence-electron chi connectivity index (χ4n) is 6.19. The Morgan fingerprint density at radius 2 is 1.04 bits per heavy atom. The summed E-state index contributed by atoms with van der Waals surface area (Å²) in [5.74, 6) is 2.65. The van der Waals surface area contributed by atoms with Gasteiger partial charge in [-0.2, -0.15) is 0 Å². The van der Waals surface area contributed by atoms with Gasteiger partial charge in [-0.25, -0.2) is 0 Å². The molecule has 0 saturated heterocycles. The van der Waals surface area contributed by atoms with E-state index < -0.39 is 18.3 Å². The molecule has 7 heteroatoms. The first-order valence-electron chi connectivity index (χ1n) is 17.7. The van der Waals surface area contributed by atoms with Gasteiger partial charge in [-0.3, -0.25) is 0 Å². The van der Waals surface area contributed by atoms with Crippen LogP contribution >= 0.6 is 0 Å². The molecule has 0 spiro atoms. The topological polar surface area (TPSA) is 75.6 Å². The van der Waals surface area contributed by atoms with Crippen molar-refractivity contribution >= 4 is 0 Å². The zero-order valence-corrected chi connectivity index (χ0v) is 29.4. The van der Waals surface area contributed by atoms with Crippen molar-refractivity contribution in [2.45, 2.75) is 44.7 Å². The number of ether oxygens (including phenoxy) is 6. The Hall–Kier alpha value is -6.02. The van der Waals surface area contributed by atoms with E-state index >= 15 is 0 Å². The van der Waals surface area contributed by atoms with E-state index in [0.717, 1.165) is 22.3 Å². The lowest BCUT2D eigenvalue weighted by atomic mass is 9.91. The molecule has 6 aromatic rings. The van der Waals surface area contributed by atoms with Gasteiger partial charge in [0.15, 0.2) is 17.6 Å². The summed E-state index contributed by atoms with van der Waals surface area (Å²) in [6.45, 7) is 5.41. The summed E-state index contributed by atoms with van der Waals surface area (Å²) >= 11 is 0. The first-order valence-corrected chi connectivity index (χ1v) is 17.7. The summed E-state index contributed by atoms with van der Waals surface area (Å²) in [5, 5.41) is 12.1. The number of benzene rings is 6. The monoisotopic (exact) mass is 706 g/mol. The van der Waals surface area contributed by atoms with Crippen molar-refractivity contribution in [1.29, 1.82) is 0 Å². The molecule has 268 valence electrons. The molecule has 53 heavy (non-hydrogen) atoms. The summed E-state index contributed by atoms with van der Waals surface area (Å²) < 4.78 is 38.4. The molecule has 7 rings (SSSR count). The van der Waals surface area contributed by atoms with Gasteiger partial charge in [0, 0.05) is 12.1 Å². The molecule has 0 saturated carbocycles. The van der Waals surface area contributed by atoms with Crippen LogP contribution in [0, 0.1) is 0 Å². The Balaban J connectivity index is 1.23. The van der Waals surface area contributed by atoms with Crippen LogP contribution in [0.5, 0.6) is 28.7 Å². The van der Waals surface area contributed by atoms with E-state index in [4.69, 9.17) is 28.4 Å². The first kappa shape index (κ1) is 35.4. The second kappa shape index (κ2) is 17.5. The molecule has 0 unspecified atom stereocenters. The van der Waals surface area contributed by atoms with Crippen molar-refractivity contribution in [2.24, 2.45) is 0 Å². The van der Waals surface area contributed by atoms with Crippen molar-refractivity contribution in [3.05, 3.63) is 198 Å². The highest BCUT2D eigenvalue weighted by Crippen LogP contribution is 2.50. The van der Waals surface area contributed by atoms with E-state index in [2.05, 4.69) is 6.58 Å². The minimum absolute atomic E-state index is 0.204. The third-order valence-corrected chi connectivity index (χ3v) is 8.89. The Bertz CT molecular complexity index is 2050. The minimum atomic E-state index is -1.12. The molecule has 6 aromatic carbocycles. The fraction of sp³-hybridized carbons (Fsp3) is 0.174. The number of hydrogen-bond donors (Lipinski definition) is 1. The first-order chi connectivity index (χ1) is 26.1. The van der Waals surface area contributed by atoms with E-state index in [9.17, 15) is 5.11 Å². The Labute approximate surface area is 310 Å². The molecular formula is C46H42O7. The van der Waals surface area contributed by atoms with Gasteiger partial charge in [0.25, 0.3) is 0 Å². The Kier molecular flexibility index (Phi) is 11.7. The highest BCUT2D eigenvalue weighted by atomic mass is 16.5. The maximum atomic E-state index is 12.1. The van der Waals surface area contributed by atoms with Gasteiger partial charge in [0.05, 0.1) is 12.2 Å². The molecule has 0 radical (unpaired) electrons. The second-order valence-corrected chi connectivity index (χ2v) is 12.7. The zero-order chi connectivity index (χ0) is 36.2. The van der Waals surface area contributed by atoms with Gasteiger partial charge in [-0.15, -0.1) is 6.58 Å². The van der Waals surface area contributed by atoms with Gasteiger partial charge in [0.2, 0.25) is 0 Å². The lowest BCUT2D eigenvalue weighted by Gasteiger charge is -2.38. The molecule has 1 heterocycles. The molecule has 0 aliphatic carbocycles. The van der Waals surface area contributed by atoms with Gasteiger partial charge in [-0.1, -0.05) is 133 Å². The smallest absolute Gasteiger partial charge is 0.162 e.